The Balaban J connectivity index is 1.94. The van der Waals surface area contributed by atoms with Crippen molar-refractivity contribution in [3.05, 3.63) is 11.1 Å². The van der Waals surface area contributed by atoms with Crippen molar-refractivity contribution < 1.29 is 0 Å². The van der Waals surface area contributed by atoms with E-state index < -0.39 is 0 Å². The maximum absolute atomic E-state index is 4.78. The van der Waals surface area contributed by atoms with Crippen LogP contribution in [0.4, 0.5) is 5.13 Å². The van der Waals surface area contributed by atoms with Gasteiger partial charge >= 0.3 is 0 Å². The number of nitrogens with one attached hydrogen (secondary N) is 1. The zero-order valence-electron chi connectivity index (χ0n) is 14.4. The minimum Gasteiger partial charge on any atom is -0.349 e. The lowest BCUT2D eigenvalue weighted by atomic mass is 9.75. The maximum Gasteiger partial charge on any atom is 0.185 e. The van der Waals surface area contributed by atoms with Crippen LogP contribution in [0.25, 0.3) is 0 Å². The van der Waals surface area contributed by atoms with Crippen molar-refractivity contribution in [2.45, 2.75) is 57.7 Å². The van der Waals surface area contributed by atoms with E-state index in [1.165, 1.54) is 19.3 Å². The molecule has 1 saturated carbocycles. The fourth-order valence-corrected chi connectivity index (χ4v) is 3.54. The Morgan fingerprint density at radius 1 is 1.29 bits per heavy atom. The van der Waals surface area contributed by atoms with Crippen LogP contribution in [-0.4, -0.2) is 48.6 Å². The van der Waals surface area contributed by atoms with Crippen molar-refractivity contribution in [2.24, 2.45) is 0 Å². The molecule has 0 unspecified atom stereocenters. The molecule has 0 atom stereocenters. The summed E-state index contributed by atoms with van der Waals surface area (Å²) in [5.41, 5.74) is 1.63. The Morgan fingerprint density at radius 2 is 1.95 bits per heavy atom. The lowest BCUT2D eigenvalue weighted by Crippen LogP contribution is -2.56. The second-order valence-electron chi connectivity index (χ2n) is 7.55. The number of rotatable bonds is 6. The van der Waals surface area contributed by atoms with Crippen molar-refractivity contribution in [2.75, 3.05) is 32.6 Å². The van der Waals surface area contributed by atoms with Crippen LogP contribution in [0.1, 0.15) is 45.7 Å². The zero-order chi connectivity index (χ0) is 15.7. The average molecular weight is 311 g/mol. The third-order valence-corrected chi connectivity index (χ3v) is 5.43. The summed E-state index contributed by atoms with van der Waals surface area (Å²) < 4.78 is 0. The molecule has 2 rings (SSSR count). The Hall–Kier alpha value is -0.650. The van der Waals surface area contributed by atoms with Crippen LogP contribution in [0.2, 0.25) is 0 Å². The number of anilines is 1. The number of nitrogens with zero attached hydrogens (tertiary/aromatic N) is 3. The van der Waals surface area contributed by atoms with E-state index in [1.807, 2.05) is 0 Å². The van der Waals surface area contributed by atoms with Crippen LogP contribution in [0.5, 0.6) is 0 Å². The molecular formula is C16H30N4S. The van der Waals surface area contributed by atoms with Gasteiger partial charge in [-0.05, 0) is 54.1 Å². The molecular weight excluding hydrogens is 280 g/mol. The van der Waals surface area contributed by atoms with E-state index in [0.29, 0.717) is 5.54 Å². The molecule has 1 aromatic rings. The minimum atomic E-state index is 0.136. The van der Waals surface area contributed by atoms with Gasteiger partial charge in [-0.1, -0.05) is 0 Å². The van der Waals surface area contributed by atoms with E-state index in [0.717, 1.165) is 23.9 Å². The monoisotopic (exact) mass is 310 g/mol. The van der Waals surface area contributed by atoms with Crippen LogP contribution < -0.4 is 10.2 Å². The van der Waals surface area contributed by atoms with Crippen LogP contribution in [0.3, 0.4) is 0 Å². The summed E-state index contributed by atoms with van der Waals surface area (Å²) in [7, 11) is 6.57. The summed E-state index contributed by atoms with van der Waals surface area (Å²) in [6.45, 7) is 8.46. The van der Waals surface area contributed by atoms with Gasteiger partial charge in [0.2, 0.25) is 0 Å². The van der Waals surface area contributed by atoms with Gasteiger partial charge < -0.3 is 15.1 Å². The fraction of sp³-hybridized carbons (Fsp3) is 0.812. The fourth-order valence-electron chi connectivity index (χ4n) is 2.75. The maximum atomic E-state index is 4.78. The first-order valence-electron chi connectivity index (χ1n) is 7.80. The van der Waals surface area contributed by atoms with Gasteiger partial charge in [0.15, 0.2) is 5.13 Å². The molecule has 0 aliphatic heterocycles. The molecule has 1 heterocycles. The Morgan fingerprint density at radius 3 is 2.43 bits per heavy atom. The van der Waals surface area contributed by atoms with Crippen LogP contribution >= 0.6 is 11.3 Å². The van der Waals surface area contributed by atoms with Gasteiger partial charge in [0.1, 0.15) is 0 Å². The highest BCUT2D eigenvalue weighted by Crippen LogP contribution is 2.37. The second kappa shape index (κ2) is 6.23. The number of hydrogen-bond acceptors (Lipinski definition) is 5. The summed E-state index contributed by atoms with van der Waals surface area (Å²) in [6.07, 6.45) is 3.95. The van der Waals surface area contributed by atoms with Crippen LogP contribution in [-0.2, 0) is 6.54 Å². The molecule has 21 heavy (non-hydrogen) atoms. The highest BCUT2D eigenvalue weighted by atomic mass is 32.1. The van der Waals surface area contributed by atoms with Gasteiger partial charge in [0.05, 0.1) is 5.69 Å². The van der Waals surface area contributed by atoms with Gasteiger partial charge in [-0.3, -0.25) is 0 Å². The third-order valence-electron chi connectivity index (χ3n) is 4.43. The van der Waals surface area contributed by atoms with E-state index in [9.17, 15) is 0 Å². The second-order valence-corrected chi connectivity index (χ2v) is 8.39. The lowest BCUT2D eigenvalue weighted by molar-refractivity contribution is 0.0683. The molecule has 1 aliphatic rings. The van der Waals surface area contributed by atoms with Gasteiger partial charge in [-0.15, -0.1) is 11.3 Å². The molecule has 0 saturated heterocycles. The summed E-state index contributed by atoms with van der Waals surface area (Å²) in [5.74, 6) is 0. The van der Waals surface area contributed by atoms with Crippen molar-refractivity contribution >= 4 is 16.5 Å². The predicted molar refractivity (Wildman–Crippen MR) is 92.2 cm³/mol. The zero-order valence-corrected chi connectivity index (χ0v) is 15.2. The van der Waals surface area contributed by atoms with E-state index in [2.05, 4.69) is 62.4 Å². The molecule has 5 heteroatoms. The van der Waals surface area contributed by atoms with E-state index in [1.54, 1.807) is 11.3 Å². The van der Waals surface area contributed by atoms with Gasteiger partial charge in [-0.2, -0.15) is 0 Å². The first kappa shape index (κ1) is 16.7. The SMILES string of the molecule is CN(CC1(N(C)C)CCC1)c1nc(CNC(C)(C)C)cs1. The van der Waals surface area contributed by atoms with Crippen LogP contribution in [0, 0.1) is 0 Å². The molecule has 0 radical (unpaired) electrons. The largest absolute Gasteiger partial charge is 0.349 e. The molecule has 1 aromatic heterocycles. The van der Waals surface area contributed by atoms with Gasteiger partial charge in [-0.25, -0.2) is 4.98 Å². The molecule has 1 fully saturated rings. The predicted octanol–water partition coefficient (Wildman–Crippen LogP) is 2.95. The quantitative estimate of drug-likeness (QED) is 0.875. The number of aromatic nitrogens is 1. The van der Waals surface area contributed by atoms with Crippen molar-refractivity contribution in [3.8, 4) is 0 Å². The minimum absolute atomic E-state index is 0.136. The number of hydrogen-bond donors (Lipinski definition) is 1. The molecule has 4 nitrogen and oxygen atoms in total. The highest BCUT2D eigenvalue weighted by molar-refractivity contribution is 7.13. The molecule has 0 amide bonds. The highest BCUT2D eigenvalue weighted by Gasteiger charge is 2.40. The summed E-state index contributed by atoms with van der Waals surface area (Å²) in [6, 6.07) is 0. The van der Waals surface area contributed by atoms with E-state index >= 15 is 0 Å². The van der Waals surface area contributed by atoms with Crippen molar-refractivity contribution in [1.82, 2.24) is 15.2 Å². The molecule has 0 aromatic carbocycles. The number of likely N-dealkylation sites (N-methyl/N-ethyl adjacent to an activating group) is 2. The van der Waals surface area contributed by atoms with Crippen molar-refractivity contribution in [1.29, 1.82) is 0 Å². The topological polar surface area (TPSA) is 31.4 Å². The normalized spacial score (nSPS) is 17.9. The van der Waals surface area contributed by atoms with Crippen molar-refractivity contribution in [3.63, 3.8) is 0 Å². The average Bonchev–Trinajstić information content (AvgIpc) is 2.78. The first-order chi connectivity index (χ1) is 9.72. The summed E-state index contributed by atoms with van der Waals surface area (Å²) in [5, 5.41) is 6.80. The molecule has 0 spiro atoms. The van der Waals surface area contributed by atoms with Crippen LogP contribution in [0.15, 0.2) is 5.38 Å². The standard InChI is InChI=1S/C16H30N4S/c1-15(2,3)17-10-13-11-21-14(18-13)20(6)12-16(19(4)5)8-7-9-16/h11,17H,7-10,12H2,1-6H3. The van der Waals surface area contributed by atoms with E-state index in [4.69, 9.17) is 4.98 Å². The molecule has 120 valence electrons. The summed E-state index contributed by atoms with van der Waals surface area (Å²) >= 11 is 1.75. The number of thiazole rings is 1. The third kappa shape index (κ3) is 4.18. The molecule has 1 aliphatic carbocycles. The molecule has 1 N–H and O–H groups in total. The first-order valence-corrected chi connectivity index (χ1v) is 8.68. The Labute approximate surface area is 133 Å². The van der Waals surface area contributed by atoms with Gasteiger partial charge in [0.25, 0.3) is 0 Å². The smallest absolute Gasteiger partial charge is 0.185 e. The van der Waals surface area contributed by atoms with Gasteiger partial charge in [0, 0.05) is 36.6 Å². The Bertz CT molecular complexity index is 457. The molecule has 0 bridgehead atoms. The lowest BCUT2D eigenvalue weighted by Gasteiger charge is -2.49. The summed E-state index contributed by atoms with van der Waals surface area (Å²) in [4.78, 5) is 9.49. The van der Waals surface area contributed by atoms with E-state index in [-0.39, 0.29) is 5.54 Å². The Kier molecular flexibility index (Phi) is 4.96.